The van der Waals surface area contributed by atoms with Gasteiger partial charge in [0.25, 0.3) is 0 Å². The molecule has 1 aliphatic rings. The van der Waals surface area contributed by atoms with Gasteiger partial charge in [-0.25, -0.2) is 0 Å². The van der Waals surface area contributed by atoms with Gasteiger partial charge in [0.1, 0.15) is 0 Å². The standard InChI is InChI=1S/C16H30N6/c1-15-7-3-4-11-21(15)14-10-19-16(17-2)18-8-5-12-22-13-6-9-20-22/h6,9,13,15H,3-5,7-8,10-12,14H2,1-2H3,(H2,17,18,19). The molecule has 0 saturated carbocycles. The van der Waals surface area contributed by atoms with Gasteiger partial charge in [-0.2, -0.15) is 5.10 Å². The minimum Gasteiger partial charge on any atom is -0.356 e. The molecule has 22 heavy (non-hydrogen) atoms. The van der Waals surface area contributed by atoms with Crippen molar-refractivity contribution < 1.29 is 0 Å². The lowest BCUT2D eigenvalue weighted by molar-refractivity contribution is 0.163. The highest BCUT2D eigenvalue weighted by molar-refractivity contribution is 5.79. The average Bonchev–Trinajstić information content (AvgIpc) is 3.05. The van der Waals surface area contributed by atoms with Gasteiger partial charge in [-0.15, -0.1) is 0 Å². The molecule has 6 heteroatoms. The molecule has 6 nitrogen and oxygen atoms in total. The Kier molecular flexibility index (Phi) is 7.22. The Bertz CT molecular complexity index is 428. The number of likely N-dealkylation sites (tertiary alicyclic amines) is 1. The average molecular weight is 306 g/mol. The van der Waals surface area contributed by atoms with Crippen molar-refractivity contribution in [1.82, 2.24) is 25.3 Å². The summed E-state index contributed by atoms with van der Waals surface area (Å²) in [5, 5.41) is 11.0. The van der Waals surface area contributed by atoms with E-state index in [9.17, 15) is 0 Å². The van der Waals surface area contributed by atoms with Crippen molar-refractivity contribution in [3.05, 3.63) is 18.5 Å². The second kappa shape index (κ2) is 9.46. The molecule has 0 bridgehead atoms. The molecule has 2 rings (SSSR count). The minimum atomic E-state index is 0.722. The number of aryl methyl sites for hydroxylation is 1. The van der Waals surface area contributed by atoms with Crippen molar-refractivity contribution in [3.8, 4) is 0 Å². The molecule has 1 aliphatic heterocycles. The van der Waals surface area contributed by atoms with Crippen LogP contribution < -0.4 is 10.6 Å². The summed E-state index contributed by atoms with van der Waals surface area (Å²) in [5.41, 5.74) is 0. The number of hydrogen-bond acceptors (Lipinski definition) is 3. The molecule has 0 aromatic carbocycles. The van der Waals surface area contributed by atoms with Crippen molar-refractivity contribution in [2.24, 2.45) is 4.99 Å². The van der Waals surface area contributed by atoms with E-state index in [4.69, 9.17) is 0 Å². The third-order valence-electron chi connectivity index (χ3n) is 4.27. The molecular weight excluding hydrogens is 276 g/mol. The Morgan fingerprint density at radius 3 is 2.86 bits per heavy atom. The SMILES string of the molecule is CN=C(NCCCn1cccn1)NCCN1CCCCC1C. The van der Waals surface area contributed by atoms with Crippen molar-refractivity contribution in [1.29, 1.82) is 0 Å². The molecule has 2 heterocycles. The van der Waals surface area contributed by atoms with Crippen molar-refractivity contribution >= 4 is 5.96 Å². The van der Waals surface area contributed by atoms with Gasteiger partial charge in [0, 0.05) is 51.7 Å². The van der Waals surface area contributed by atoms with Gasteiger partial charge in [0.05, 0.1) is 0 Å². The summed E-state index contributed by atoms with van der Waals surface area (Å²) in [5.74, 6) is 0.894. The number of nitrogens with zero attached hydrogens (tertiary/aromatic N) is 4. The van der Waals surface area contributed by atoms with Gasteiger partial charge < -0.3 is 10.6 Å². The molecule has 2 N–H and O–H groups in total. The third-order valence-corrected chi connectivity index (χ3v) is 4.27. The van der Waals surface area contributed by atoms with Crippen molar-refractivity contribution in [2.45, 2.75) is 45.2 Å². The molecule has 0 amide bonds. The summed E-state index contributed by atoms with van der Waals surface area (Å²) in [7, 11) is 1.83. The Balaban J connectivity index is 1.56. The highest BCUT2D eigenvalue weighted by Gasteiger charge is 2.17. The summed E-state index contributed by atoms with van der Waals surface area (Å²) >= 11 is 0. The smallest absolute Gasteiger partial charge is 0.191 e. The molecule has 1 saturated heterocycles. The zero-order chi connectivity index (χ0) is 15.6. The first-order valence-electron chi connectivity index (χ1n) is 8.45. The first-order valence-corrected chi connectivity index (χ1v) is 8.45. The normalized spacial score (nSPS) is 20.1. The van der Waals surface area contributed by atoms with Crippen LogP contribution in [-0.2, 0) is 6.54 Å². The van der Waals surface area contributed by atoms with Crippen molar-refractivity contribution in [2.75, 3.05) is 33.2 Å². The number of hydrogen-bond donors (Lipinski definition) is 2. The van der Waals surface area contributed by atoms with Gasteiger partial charge in [-0.05, 0) is 38.8 Å². The summed E-state index contributed by atoms with van der Waals surface area (Å²) in [6.45, 7) is 7.44. The summed E-state index contributed by atoms with van der Waals surface area (Å²) < 4.78 is 1.95. The second-order valence-corrected chi connectivity index (χ2v) is 5.93. The highest BCUT2D eigenvalue weighted by atomic mass is 15.3. The van der Waals surface area contributed by atoms with Crippen LogP contribution >= 0.6 is 0 Å². The minimum absolute atomic E-state index is 0.722. The lowest BCUT2D eigenvalue weighted by atomic mass is 10.0. The molecule has 1 aromatic heterocycles. The first kappa shape index (κ1) is 16.8. The van der Waals surface area contributed by atoms with E-state index in [1.165, 1.54) is 25.8 Å². The van der Waals surface area contributed by atoms with E-state index >= 15 is 0 Å². The van der Waals surface area contributed by atoms with Crippen LogP contribution in [0.3, 0.4) is 0 Å². The quantitative estimate of drug-likeness (QED) is 0.453. The van der Waals surface area contributed by atoms with Gasteiger partial charge >= 0.3 is 0 Å². The first-order chi connectivity index (χ1) is 10.8. The summed E-state index contributed by atoms with van der Waals surface area (Å²) in [6.07, 6.45) is 8.89. The summed E-state index contributed by atoms with van der Waals surface area (Å²) in [6, 6.07) is 2.68. The molecule has 1 unspecified atom stereocenters. The molecule has 0 aliphatic carbocycles. The van der Waals surface area contributed by atoms with Crippen LogP contribution in [0.5, 0.6) is 0 Å². The predicted molar refractivity (Wildman–Crippen MR) is 91.1 cm³/mol. The van der Waals surface area contributed by atoms with Crippen LogP contribution in [0.1, 0.15) is 32.6 Å². The van der Waals surface area contributed by atoms with E-state index < -0.39 is 0 Å². The lowest BCUT2D eigenvalue weighted by Crippen LogP contribution is -2.45. The Morgan fingerprint density at radius 2 is 2.14 bits per heavy atom. The molecule has 1 fully saturated rings. The van der Waals surface area contributed by atoms with E-state index in [2.05, 4.69) is 32.5 Å². The molecule has 124 valence electrons. The second-order valence-electron chi connectivity index (χ2n) is 5.93. The molecule has 1 aromatic rings. The molecule has 1 atom stereocenters. The highest BCUT2D eigenvalue weighted by Crippen LogP contribution is 2.15. The van der Waals surface area contributed by atoms with Crippen LogP contribution in [0.15, 0.2) is 23.5 Å². The maximum Gasteiger partial charge on any atom is 0.191 e. The Hall–Kier alpha value is -1.56. The zero-order valence-corrected chi connectivity index (χ0v) is 14.0. The van der Waals surface area contributed by atoms with Crippen molar-refractivity contribution in [3.63, 3.8) is 0 Å². The van der Waals surface area contributed by atoms with E-state index in [0.29, 0.717) is 0 Å². The van der Waals surface area contributed by atoms with Crippen LogP contribution in [0, 0.1) is 0 Å². The van der Waals surface area contributed by atoms with E-state index in [0.717, 1.165) is 44.6 Å². The number of rotatable bonds is 7. The van der Waals surface area contributed by atoms with Crippen LogP contribution in [0.2, 0.25) is 0 Å². The van der Waals surface area contributed by atoms with Gasteiger partial charge in [-0.3, -0.25) is 14.6 Å². The topological polar surface area (TPSA) is 57.5 Å². The van der Waals surface area contributed by atoms with Crippen LogP contribution in [0.25, 0.3) is 0 Å². The fraction of sp³-hybridized carbons (Fsp3) is 0.750. The fourth-order valence-electron chi connectivity index (χ4n) is 2.91. The van der Waals surface area contributed by atoms with Crippen LogP contribution in [0.4, 0.5) is 0 Å². The maximum absolute atomic E-state index is 4.28. The fourth-order valence-corrected chi connectivity index (χ4v) is 2.91. The van der Waals surface area contributed by atoms with E-state index in [1.807, 2.05) is 30.2 Å². The number of piperidine rings is 1. The van der Waals surface area contributed by atoms with Gasteiger partial charge in [0.2, 0.25) is 0 Å². The Labute approximate surface area is 134 Å². The molecular formula is C16H30N6. The third kappa shape index (κ3) is 5.67. The predicted octanol–water partition coefficient (Wildman–Crippen LogP) is 1.31. The van der Waals surface area contributed by atoms with Gasteiger partial charge in [-0.1, -0.05) is 6.42 Å². The Morgan fingerprint density at radius 1 is 1.27 bits per heavy atom. The number of aromatic nitrogens is 2. The number of guanidine groups is 1. The van der Waals surface area contributed by atoms with Crippen LogP contribution in [-0.4, -0.2) is 59.9 Å². The van der Waals surface area contributed by atoms with E-state index in [1.54, 1.807) is 0 Å². The summed E-state index contributed by atoms with van der Waals surface area (Å²) in [4.78, 5) is 6.85. The maximum atomic E-state index is 4.28. The molecule has 0 spiro atoms. The van der Waals surface area contributed by atoms with Gasteiger partial charge in [0.15, 0.2) is 5.96 Å². The largest absolute Gasteiger partial charge is 0.356 e. The lowest BCUT2D eigenvalue weighted by Gasteiger charge is -2.33. The number of nitrogens with one attached hydrogen (secondary N) is 2. The number of aliphatic imine (C=N–C) groups is 1. The zero-order valence-electron chi connectivity index (χ0n) is 14.0. The van der Waals surface area contributed by atoms with E-state index in [-0.39, 0.29) is 0 Å². The molecule has 0 radical (unpaired) electrons. The monoisotopic (exact) mass is 306 g/mol.